The van der Waals surface area contributed by atoms with E-state index in [9.17, 15) is 9.18 Å². The standard InChI is InChI=1S/C15H21FN2O2/c1-10-8-18(9-11(2)20-10)12(3)15(19)17-14-7-5-4-6-13(14)16/h4-7,10-12H,8-9H2,1-3H3,(H,17,19)/t10-,11-,12-/m0/s1. The number of hydrogen-bond donors (Lipinski definition) is 1. The van der Waals surface area contributed by atoms with E-state index in [0.29, 0.717) is 13.1 Å². The van der Waals surface area contributed by atoms with Gasteiger partial charge < -0.3 is 10.1 Å². The summed E-state index contributed by atoms with van der Waals surface area (Å²) in [5.41, 5.74) is 0.221. The van der Waals surface area contributed by atoms with Crippen LogP contribution >= 0.6 is 0 Å². The molecule has 0 unspecified atom stereocenters. The van der Waals surface area contributed by atoms with Crippen molar-refractivity contribution in [2.24, 2.45) is 0 Å². The van der Waals surface area contributed by atoms with Crippen LogP contribution < -0.4 is 5.32 Å². The summed E-state index contributed by atoms with van der Waals surface area (Å²) in [6.45, 7) is 7.22. The minimum Gasteiger partial charge on any atom is -0.373 e. The smallest absolute Gasteiger partial charge is 0.241 e. The number of nitrogens with zero attached hydrogens (tertiary/aromatic N) is 1. The fourth-order valence-electron chi connectivity index (χ4n) is 2.50. The predicted octanol–water partition coefficient (Wildman–Crippen LogP) is 2.26. The second kappa shape index (κ2) is 6.33. The van der Waals surface area contributed by atoms with Gasteiger partial charge in [0, 0.05) is 13.1 Å². The molecule has 1 saturated heterocycles. The van der Waals surface area contributed by atoms with E-state index < -0.39 is 5.82 Å². The molecule has 4 nitrogen and oxygen atoms in total. The van der Waals surface area contributed by atoms with Crippen LogP contribution in [0.5, 0.6) is 0 Å². The number of morpholine rings is 1. The Labute approximate surface area is 118 Å². The van der Waals surface area contributed by atoms with Crippen molar-refractivity contribution in [2.45, 2.75) is 39.0 Å². The number of para-hydroxylation sites is 1. The Morgan fingerprint density at radius 2 is 1.95 bits per heavy atom. The molecule has 0 spiro atoms. The number of amides is 1. The first kappa shape index (κ1) is 14.9. The number of hydrogen-bond acceptors (Lipinski definition) is 3. The molecule has 1 N–H and O–H groups in total. The van der Waals surface area contributed by atoms with Crippen LogP contribution in [0.1, 0.15) is 20.8 Å². The zero-order valence-corrected chi connectivity index (χ0v) is 12.1. The van der Waals surface area contributed by atoms with Gasteiger partial charge in [0.15, 0.2) is 0 Å². The van der Waals surface area contributed by atoms with Gasteiger partial charge in [0.05, 0.1) is 23.9 Å². The maximum atomic E-state index is 13.5. The van der Waals surface area contributed by atoms with Gasteiger partial charge in [0.1, 0.15) is 5.82 Å². The monoisotopic (exact) mass is 280 g/mol. The zero-order valence-electron chi connectivity index (χ0n) is 12.1. The fraction of sp³-hybridized carbons (Fsp3) is 0.533. The topological polar surface area (TPSA) is 41.6 Å². The Morgan fingerprint density at radius 3 is 2.55 bits per heavy atom. The van der Waals surface area contributed by atoms with E-state index in [1.165, 1.54) is 6.07 Å². The van der Waals surface area contributed by atoms with Crippen molar-refractivity contribution >= 4 is 11.6 Å². The molecule has 0 radical (unpaired) electrons. The number of carbonyl (C=O) groups is 1. The van der Waals surface area contributed by atoms with Crippen molar-refractivity contribution in [2.75, 3.05) is 18.4 Å². The van der Waals surface area contributed by atoms with Crippen molar-refractivity contribution < 1.29 is 13.9 Å². The lowest BCUT2D eigenvalue weighted by Gasteiger charge is -2.38. The summed E-state index contributed by atoms with van der Waals surface area (Å²) in [5.74, 6) is -0.617. The molecule has 5 heteroatoms. The Bertz CT molecular complexity index is 471. The number of nitrogens with one attached hydrogen (secondary N) is 1. The molecule has 0 bridgehead atoms. The van der Waals surface area contributed by atoms with Gasteiger partial charge in [0.2, 0.25) is 5.91 Å². The Balaban J connectivity index is 2.00. The van der Waals surface area contributed by atoms with E-state index in [1.54, 1.807) is 18.2 Å². The first-order chi connectivity index (χ1) is 9.47. The zero-order chi connectivity index (χ0) is 14.7. The first-order valence-corrected chi connectivity index (χ1v) is 6.92. The van der Waals surface area contributed by atoms with E-state index in [-0.39, 0.29) is 29.8 Å². The molecule has 1 amide bonds. The van der Waals surface area contributed by atoms with E-state index in [2.05, 4.69) is 10.2 Å². The van der Waals surface area contributed by atoms with E-state index in [0.717, 1.165) is 0 Å². The van der Waals surface area contributed by atoms with Gasteiger partial charge in [-0.05, 0) is 32.9 Å². The number of rotatable bonds is 3. The summed E-state index contributed by atoms with van der Waals surface area (Å²) in [5, 5.41) is 2.64. The number of anilines is 1. The van der Waals surface area contributed by atoms with Crippen molar-refractivity contribution in [3.05, 3.63) is 30.1 Å². The van der Waals surface area contributed by atoms with Crippen molar-refractivity contribution in [1.29, 1.82) is 0 Å². The lowest BCUT2D eigenvalue weighted by atomic mass is 10.1. The van der Waals surface area contributed by atoms with Crippen LogP contribution in [-0.4, -0.2) is 42.1 Å². The van der Waals surface area contributed by atoms with Crippen LogP contribution in [0.2, 0.25) is 0 Å². The molecule has 0 saturated carbocycles. The lowest BCUT2D eigenvalue weighted by molar-refractivity contribution is -0.126. The molecule has 20 heavy (non-hydrogen) atoms. The largest absolute Gasteiger partial charge is 0.373 e. The number of benzene rings is 1. The van der Waals surface area contributed by atoms with E-state index in [4.69, 9.17) is 4.74 Å². The van der Waals surface area contributed by atoms with Crippen molar-refractivity contribution in [3.8, 4) is 0 Å². The van der Waals surface area contributed by atoms with Crippen LogP contribution in [-0.2, 0) is 9.53 Å². The van der Waals surface area contributed by atoms with Gasteiger partial charge in [-0.2, -0.15) is 0 Å². The van der Waals surface area contributed by atoms with Gasteiger partial charge in [-0.1, -0.05) is 12.1 Å². The fourth-order valence-corrected chi connectivity index (χ4v) is 2.50. The number of ether oxygens (including phenoxy) is 1. The normalized spacial score (nSPS) is 25.2. The average Bonchev–Trinajstić information content (AvgIpc) is 2.39. The minimum absolute atomic E-state index is 0.0995. The summed E-state index contributed by atoms with van der Waals surface area (Å²) < 4.78 is 19.2. The molecule has 1 aromatic carbocycles. The van der Waals surface area contributed by atoms with Gasteiger partial charge >= 0.3 is 0 Å². The molecule has 1 aromatic rings. The van der Waals surface area contributed by atoms with Gasteiger partial charge in [-0.15, -0.1) is 0 Å². The van der Waals surface area contributed by atoms with Crippen molar-refractivity contribution in [1.82, 2.24) is 4.90 Å². The van der Waals surface area contributed by atoms with Crippen LogP contribution in [0.3, 0.4) is 0 Å². The Hall–Kier alpha value is -1.46. The summed E-state index contributed by atoms with van der Waals surface area (Å²) in [6, 6.07) is 5.87. The highest BCUT2D eigenvalue weighted by atomic mass is 19.1. The molecule has 1 fully saturated rings. The molecule has 2 rings (SSSR count). The SMILES string of the molecule is C[C@H]1CN([C@@H](C)C(=O)Nc2ccccc2F)C[C@H](C)O1. The molecule has 110 valence electrons. The maximum absolute atomic E-state index is 13.5. The molecule has 1 aliphatic heterocycles. The summed E-state index contributed by atoms with van der Waals surface area (Å²) in [7, 11) is 0. The summed E-state index contributed by atoms with van der Waals surface area (Å²) in [4.78, 5) is 14.3. The summed E-state index contributed by atoms with van der Waals surface area (Å²) >= 11 is 0. The molecule has 1 heterocycles. The second-order valence-corrected chi connectivity index (χ2v) is 5.36. The quantitative estimate of drug-likeness (QED) is 0.923. The third-order valence-electron chi connectivity index (χ3n) is 3.51. The van der Waals surface area contributed by atoms with Gasteiger partial charge in [-0.25, -0.2) is 4.39 Å². The minimum atomic E-state index is -0.420. The van der Waals surface area contributed by atoms with E-state index in [1.807, 2.05) is 20.8 Å². The highest BCUT2D eigenvalue weighted by molar-refractivity contribution is 5.94. The second-order valence-electron chi connectivity index (χ2n) is 5.36. The van der Waals surface area contributed by atoms with Crippen LogP contribution in [0, 0.1) is 5.82 Å². The highest BCUT2D eigenvalue weighted by Crippen LogP contribution is 2.16. The number of halogens is 1. The van der Waals surface area contributed by atoms with Crippen LogP contribution in [0.15, 0.2) is 24.3 Å². The number of carbonyl (C=O) groups excluding carboxylic acids is 1. The lowest BCUT2D eigenvalue weighted by Crippen LogP contribution is -2.52. The predicted molar refractivity (Wildman–Crippen MR) is 76.1 cm³/mol. The molecule has 0 aliphatic carbocycles. The first-order valence-electron chi connectivity index (χ1n) is 6.92. The van der Waals surface area contributed by atoms with Gasteiger partial charge in [0.25, 0.3) is 0 Å². The van der Waals surface area contributed by atoms with Crippen LogP contribution in [0.25, 0.3) is 0 Å². The molecule has 0 aromatic heterocycles. The average molecular weight is 280 g/mol. The Kier molecular flexibility index (Phi) is 4.73. The van der Waals surface area contributed by atoms with E-state index >= 15 is 0 Å². The molecular formula is C15H21FN2O2. The van der Waals surface area contributed by atoms with Crippen LogP contribution in [0.4, 0.5) is 10.1 Å². The van der Waals surface area contributed by atoms with Crippen molar-refractivity contribution in [3.63, 3.8) is 0 Å². The summed E-state index contributed by atoms with van der Waals surface area (Å²) in [6.07, 6.45) is 0.199. The molecular weight excluding hydrogens is 259 g/mol. The molecule has 3 atom stereocenters. The van der Waals surface area contributed by atoms with Gasteiger partial charge in [-0.3, -0.25) is 9.69 Å². The third-order valence-corrected chi connectivity index (χ3v) is 3.51. The Morgan fingerprint density at radius 1 is 1.35 bits per heavy atom. The molecule has 1 aliphatic rings. The highest BCUT2D eigenvalue weighted by Gasteiger charge is 2.29. The maximum Gasteiger partial charge on any atom is 0.241 e. The third kappa shape index (κ3) is 3.55.